The Morgan fingerprint density at radius 3 is 2.50 bits per heavy atom. The smallest absolute Gasteiger partial charge is 0.410 e. The van der Waals surface area contributed by atoms with E-state index in [0.717, 1.165) is 18.9 Å². The van der Waals surface area contributed by atoms with Crippen LogP contribution in [0.5, 0.6) is 0 Å². The van der Waals surface area contributed by atoms with Gasteiger partial charge in [0.25, 0.3) is 5.91 Å². The summed E-state index contributed by atoms with van der Waals surface area (Å²) in [5.41, 5.74) is 0.0382. The first-order valence-electron chi connectivity index (χ1n) is 14.2. The van der Waals surface area contributed by atoms with E-state index in [0.29, 0.717) is 37.2 Å². The van der Waals surface area contributed by atoms with Gasteiger partial charge in [-0.1, -0.05) is 0 Å². The second-order valence-corrected chi connectivity index (χ2v) is 12.4. The third kappa shape index (κ3) is 6.15. The molecule has 1 atom stereocenters. The number of carbonyl (C=O) groups is 3. The fraction of sp³-hybridized carbons (Fsp3) is 0.516. The minimum atomic E-state index is -1.06. The zero-order valence-electron chi connectivity index (χ0n) is 24.1. The number of hydrogen-bond acceptors (Lipinski definition) is 8. The van der Waals surface area contributed by atoms with Gasteiger partial charge in [-0.15, -0.1) is 0 Å². The number of benzene rings is 1. The Kier molecular flexibility index (Phi) is 8.05. The molecule has 3 aliphatic rings. The molecule has 10 nitrogen and oxygen atoms in total. The van der Waals surface area contributed by atoms with E-state index in [9.17, 15) is 19.5 Å². The van der Waals surface area contributed by atoms with Crippen molar-refractivity contribution in [1.82, 2.24) is 14.8 Å². The van der Waals surface area contributed by atoms with Crippen LogP contribution in [0.1, 0.15) is 90.2 Å². The second kappa shape index (κ2) is 11.4. The lowest BCUT2D eigenvalue weighted by molar-refractivity contribution is -0.0676. The summed E-state index contributed by atoms with van der Waals surface area (Å²) in [6.07, 6.45) is 2.25. The van der Waals surface area contributed by atoms with Crippen molar-refractivity contribution >= 4 is 17.8 Å². The minimum absolute atomic E-state index is 0.00184. The Hall–Kier alpha value is -3.88. The Balaban J connectivity index is 1.36. The number of rotatable bonds is 8. The van der Waals surface area contributed by atoms with Crippen molar-refractivity contribution < 1.29 is 33.4 Å². The van der Waals surface area contributed by atoms with Crippen molar-refractivity contribution in [3.63, 3.8) is 0 Å². The average Bonchev–Trinajstić information content (AvgIpc) is 3.70. The van der Waals surface area contributed by atoms with Crippen molar-refractivity contribution in [1.29, 1.82) is 5.26 Å². The maximum absolute atomic E-state index is 15.8. The minimum Gasteiger partial charge on any atom is -0.444 e. The topological polar surface area (TPSA) is 133 Å². The SMILES string of the molecule is CC(C)(C)OC(=O)N1CCC(C(=O)c2cc(F)c3c(c2)C(=O)N(Cc2ccc(C#N)cn2)C3OCC2(CO)CC2)CC1. The lowest BCUT2D eigenvalue weighted by Crippen LogP contribution is -2.43. The average molecular weight is 579 g/mol. The van der Waals surface area contributed by atoms with Crippen LogP contribution in [0.25, 0.3) is 0 Å². The molecule has 1 unspecified atom stereocenters. The maximum Gasteiger partial charge on any atom is 0.410 e. The summed E-state index contributed by atoms with van der Waals surface area (Å²) >= 11 is 0. The lowest BCUT2D eigenvalue weighted by Gasteiger charge is -2.33. The summed E-state index contributed by atoms with van der Waals surface area (Å²) in [5, 5.41) is 18.8. The van der Waals surface area contributed by atoms with Crippen LogP contribution in [0.3, 0.4) is 0 Å². The molecular formula is C31H35FN4O6. The van der Waals surface area contributed by atoms with Gasteiger partial charge in [0.1, 0.15) is 17.5 Å². The summed E-state index contributed by atoms with van der Waals surface area (Å²) < 4.78 is 27.3. The zero-order chi connectivity index (χ0) is 30.2. The maximum atomic E-state index is 15.8. The summed E-state index contributed by atoms with van der Waals surface area (Å²) in [4.78, 5) is 46.7. The Bertz CT molecular complexity index is 1420. The summed E-state index contributed by atoms with van der Waals surface area (Å²) in [6, 6.07) is 7.80. The Morgan fingerprint density at radius 1 is 1.21 bits per heavy atom. The van der Waals surface area contributed by atoms with Crippen molar-refractivity contribution in [2.75, 3.05) is 26.3 Å². The number of carbonyl (C=O) groups excluding carboxylic acids is 3. The van der Waals surface area contributed by atoms with E-state index in [4.69, 9.17) is 14.7 Å². The van der Waals surface area contributed by atoms with Gasteiger partial charge in [-0.3, -0.25) is 14.6 Å². The van der Waals surface area contributed by atoms with Crippen LogP contribution >= 0.6 is 0 Å². The van der Waals surface area contributed by atoms with E-state index in [1.807, 2.05) is 6.07 Å². The van der Waals surface area contributed by atoms with Crippen molar-refractivity contribution in [2.24, 2.45) is 11.3 Å². The number of aliphatic hydroxyl groups is 1. The highest BCUT2D eigenvalue weighted by atomic mass is 19.1. The van der Waals surface area contributed by atoms with Gasteiger partial charge in [0, 0.05) is 41.7 Å². The molecule has 0 spiro atoms. The fourth-order valence-electron chi connectivity index (χ4n) is 5.36. The molecular weight excluding hydrogens is 543 g/mol. The van der Waals surface area contributed by atoms with Crippen molar-refractivity contribution in [3.05, 3.63) is 64.2 Å². The van der Waals surface area contributed by atoms with E-state index >= 15 is 4.39 Å². The number of nitriles is 1. The molecule has 1 aliphatic carbocycles. The summed E-state index contributed by atoms with van der Waals surface area (Å²) in [5.74, 6) is -1.93. The van der Waals surface area contributed by atoms with Crippen LogP contribution in [0.4, 0.5) is 9.18 Å². The molecule has 0 radical (unpaired) electrons. The molecule has 1 saturated heterocycles. The number of ether oxygens (including phenoxy) is 2. The highest BCUT2D eigenvalue weighted by Crippen LogP contribution is 2.47. The molecule has 222 valence electrons. The standard InChI is InChI=1S/C31H35FN4O6/c1-30(2,3)42-29(40)35-10-6-20(7-11-35)26(38)21-12-23-25(24(32)13-21)28(41-18-31(17-37)8-9-31)36(27(23)39)16-22-5-4-19(14-33)15-34-22/h4-5,12-13,15,20,28,37H,6-11,16-18H2,1-3H3. The van der Waals surface area contributed by atoms with Gasteiger partial charge in [0.05, 0.1) is 36.6 Å². The van der Waals surface area contributed by atoms with E-state index in [1.165, 1.54) is 17.2 Å². The van der Waals surface area contributed by atoms with E-state index in [2.05, 4.69) is 4.98 Å². The summed E-state index contributed by atoms with van der Waals surface area (Å²) in [7, 11) is 0. The molecule has 5 rings (SSSR count). The monoisotopic (exact) mass is 578 g/mol. The molecule has 42 heavy (non-hydrogen) atoms. The highest BCUT2D eigenvalue weighted by molar-refractivity contribution is 6.04. The molecule has 1 N–H and O–H groups in total. The molecule has 2 amide bonds. The Morgan fingerprint density at radius 2 is 1.93 bits per heavy atom. The van der Waals surface area contributed by atoms with E-state index in [-0.39, 0.29) is 42.2 Å². The number of Topliss-reactive ketones (excluding diaryl/α,β-unsaturated/α-hetero) is 1. The number of hydrogen-bond donors (Lipinski definition) is 1. The molecule has 2 aromatic rings. The van der Waals surface area contributed by atoms with Crippen LogP contribution in [-0.2, 0) is 16.0 Å². The number of aliphatic hydroxyl groups excluding tert-OH is 1. The number of halogens is 1. The molecule has 1 aromatic carbocycles. The number of pyridine rings is 1. The summed E-state index contributed by atoms with van der Waals surface area (Å²) in [6.45, 7) is 6.13. The van der Waals surface area contributed by atoms with Crippen LogP contribution in [0.2, 0.25) is 0 Å². The molecule has 0 bridgehead atoms. The van der Waals surface area contributed by atoms with Gasteiger partial charge in [0.15, 0.2) is 12.0 Å². The van der Waals surface area contributed by atoms with Gasteiger partial charge in [-0.2, -0.15) is 5.26 Å². The normalized spacial score (nSPS) is 19.8. The first kappa shape index (κ1) is 29.6. The third-order valence-corrected chi connectivity index (χ3v) is 8.08. The second-order valence-electron chi connectivity index (χ2n) is 12.4. The number of nitrogens with zero attached hydrogens (tertiary/aromatic N) is 4. The van der Waals surface area contributed by atoms with Crippen molar-refractivity contribution in [2.45, 2.75) is 64.8 Å². The number of fused-ring (bicyclic) bond motifs is 1. The third-order valence-electron chi connectivity index (χ3n) is 8.08. The predicted molar refractivity (Wildman–Crippen MR) is 148 cm³/mol. The van der Waals surface area contributed by atoms with E-state index in [1.54, 1.807) is 37.8 Å². The fourth-order valence-corrected chi connectivity index (χ4v) is 5.36. The number of piperidine rings is 1. The lowest BCUT2D eigenvalue weighted by atomic mass is 9.88. The molecule has 11 heteroatoms. The van der Waals surface area contributed by atoms with Gasteiger partial charge < -0.3 is 24.4 Å². The molecule has 2 fully saturated rings. The number of amides is 2. The molecule has 3 heterocycles. The quantitative estimate of drug-likeness (QED) is 0.457. The van der Waals surface area contributed by atoms with Gasteiger partial charge in [-0.05, 0) is 70.7 Å². The Labute approximate surface area is 244 Å². The number of ketones is 1. The number of aromatic nitrogens is 1. The highest BCUT2D eigenvalue weighted by Gasteiger charge is 2.46. The molecule has 1 saturated carbocycles. The van der Waals surface area contributed by atoms with Crippen molar-refractivity contribution in [3.8, 4) is 6.07 Å². The number of likely N-dealkylation sites (tertiary alicyclic amines) is 1. The van der Waals surface area contributed by atoms with E-state index < -0.39 is 41.0 Å². The molecule has 1 aromatic heterocycles. The van der Waals surface area contributed by atoms with Gasteiger partial charge in [-0.25, -0.2) is 9.18 Å². The predicted octanol–water partition coefficient (Wildman–Crippen LogP) is 4.37. The first-order valence-corrected chi connectivity index (χ1v) is 14.2. The van der Waals surface area contributed by atoms with Gasteiger partial charge >= 0.3 is 6.09 Å². The van der Waals surface area contributed by atoms with Crippen LogP contribution in [-0.4, -0.2) is 69.6 Å². The van der Waals surface area contributed by atoms with Crippen LogP contribution in [0.15, 0.2) is 30.5 Å². The van der Waals surface area contributed by atoms with Gasteiger partial charge in [0.2, 0.25) is 0 Å². The zero-order valence-corrected chi connectivity index (χ0v) is 24.1. The van der Waals surface area contributed by atoms with Crippen LogP contribution < -0.4 is 0 Å². The van der Waals surface area contributed by atoms with Crippen LogP contribution in [0, 0.1) is 28.5 Å². The first-order chi connectivity index (χ1) is 19.9. The molecule has 2 aliphatic heterocycles. The largest absolute Gasteiger partial charge is 0.444 e.